The van der Waals surface area contributed by atoms with E-state index < -0.39 is 0 Å². The van der Waals surface area contributed by atoms with Crippen LogP contribution in [0.2, 0.25) is 0 Å². The van der Waals surface area contributed by atoms with E-state index in [0.29, 0.717) is 4.60 Å². The van der Waals surface area contributed by atoms with E-state index in [2.05, 4.69) is 15.9 Å². The zero-order valence-corrected chi connectivity index (χ0v) is 8.30. The van der Waals surface area contributed by atoms with E-state index in [-0.39, 0.29) is 0 Å². The molecule has 2 nitrogen and oxygen atoms in total. The summed E-state index contributed by atoms with van der Waals surface area (Å²) in [4.78, 5) is 0. The van der Waals surface area contributed by atoms with Gasteiger partial charge in [-0.05, 0) is 25.3 Å². The van der Waals surface area contributed by atoms with Crippen molar-refractivity contribution in [2.24, 2.45) is 0 Å². The van der Waals surface area contributed by atoms with Crippen LogP contribution < -0.4 is 4.73 Å². The van der Waals surface area contributed by atoms with Crippen molar-refractivity contribution in [1.29, 1.82) is 0 Å². The molecule has 12 heavy (non-hydrogen) atoms. The molecule has 1 aliphatic rings. The maximum atomic E-state index is 11.5. The van der Waals surface area contributed by atoms with Gasteiger partial charge in [-0.2, -0.15) is 4.73 Å². The van der Waals surface area contributed by atoms with Crippen molar-refractivity contribution < 1.29 is 4.73 Å². The quantitative estimate of drug-likeness (QED) is 0.379. The van der Waals surface area contributed by atoms with E-state index >= 15 is 0 Å². The van der Waals surface area contributed by atoms with Crippen LogP contribution in [0.3, 0.4) is 0 Å². The number of hydrogen-bond donors (Lipinski definition) is 0. The third kappa shape index (κ3) is 1.22. The van der Waals surface area contributed by atoms with Crippen molar-refractivity contribution in [2.45, 2.75) is 25.7 Å². The van der Waals surface area contributed by atoms with E-state index in [9.17, 15) is 5.21 Å². The van der Waals surface area contributed by atoms with Gasteiger partial charge in [0.2, 0.25) is 0 Å². The Labute approximate surface area is 79.9 Å². The van der Waals surface area contributed by atoms with E-state index in [1.165, 1.54) is 12.0 Å². The molecule has 1 aromatic heterocycles. The fraction of sp³-hybridized carbons (Fsp3) is 0.444. The highest BCUT2D eigenvalue weighted by Gasteiger charge is 2.18. The predicted octanol–water partition coefficient (Wildman–Crippen LogP) is 1.96. The number of halogens is 1. The highest BCUT2D eigenvalue weighted by Crippen LogP contribution is 2.19. The summed E-state index contributed by atoms with van der Waals surface area (Å²) >= 11 is 3.22. The summed E-state index contributed by atoms with van der Waals surface area (Å²) in [6, 6.07) is 3.88. The highest BCUT2D eigenvalue weighted by atomic mass is 79.9. The molecular weight excluding hydrogens is 218 g/mol. The van der Waals surface area contributed by atoms with Gasteiger partial charge >= 0.3 is 0 Å². The van der Waals surface area contributed by atoms with Gasteiger partial charge in [0.25, 0.3) is 4.60 Å². The average molecular weight is 228 g/mol. The minimum absolute atomic E-state index is 0.628. The Morgan fingerprint density at radius 1 is 1.25 bits per heavy atom. The molecule has 64 valence electrons. The molecule has 0 aliphatic heterocycles. The number of pyridine rings is 1. The molecule has 0 spiro atoms. The molecule has 0 N–H and O–H groups in total. The van der Waals surface area contributed by atoms with Crippen LogP contribution in [0, 0.1) is 5.21 Å². The monoisotopic (exact) mass is 227 g/mol. The molecule has 0 unspecified atom stereocenters. The van der Waals surface area contributed by atoms with E-state index in [4.69, 9.17) is 0 Å². The summed E-state index contributed by atoms with van der Waals surface area (Å²) in [6.07, 6.45) is 4.35. The van der Waals surface area contributed by atoms with Gasteiger partial charge in [-0.1, -0.05) is 0 Å². The third-order valence-corrected chi connectivity index (χ3v) is 2.93. The lowest BCUT2D eigenvalue weighted by Crippen LogP contribution is -2.36. The number of fused-ring (bicyclic) bond motifs is 1. The first-order valence-corrected chi connectivity index (χ1v) is 4.98. The first-order chi connectivity index (χ1) is 5.79. The van der Waals surface area contributed by atoms with E-state index in [0.717, 1.165) is 29.7 Å². The Balaban J connectivity index is 2.54. The Morgan fingerprint density at radius 3 is 2.83 bits per heavy atom. The topological polar surface area (TPSA) is 26.9 Å². The van der Waals surface area contributed by atoms with Gasteiger partial charge in [0.15, 0.2) is 5.69 Å². The molecule has 0 radical (unpaired) electrons. The SMILES string of the molecule is [O-][n+]1c(Br)ccc2c1CCCC2. The number of rotatable bonds is 0. The highest BCUT2D eigenvalue weighted by molar-refractivity contribution is 9.10. The fourth-order valence-electron chi connectivity index (χ4n) is 1.69. The van der Waals surface area contributed by atoms with Gasteiger partial charge in [-0.3, -0.25) is 0 Å². The van der Waals surface area contributed by atoms with Crippen LogP contribution in [0.1, 0.15) is 24.1 Å². The largest absolute Gasteiger partial charge is 0.618 e. The zero-order chi connectivity index (χ0) is 8.55. The molecule has 0 atom stereocenters. The van der Waals surface area contributed by atoms with E-state index in [1.807, 2.05) is 12.1 Å². The molecule has 1 aromatic rings. The van der Waals surface area contributed by atoms with Gasteiger partial charge < -0.3 is 5.21 Å². The summed E-state index contributed by atoms with van der Waals surface area (Å²) in [5.41, 5.74) is 2.18. The van der Waals surface area contributed by atoms with Crippen molar-refractivity contribution in [3.63, 3.8) is 0 Å². The van der Waals surface area contributed by atoms with Crippen molar-refractivity contribution in [1.82, 2.24) is 0 Å². The number of aromatic nitrogens is 1. The van der Waals surface area contributed by atoms with Gasteiger partial charge in [0.1, 0.15) is 0 Å². The summed E-state index contributed by atoms with van der Waals surface area (Å²) in [5, 5.41) is 11.5. The van der Waals surface area contributed by atoms with Crippen molar-refractivity contribution in [3.8, 4) is 0 Å². The predicted molar refractivity (Wildman–Crippen MR) is 49.7 cm³/mol. The normalized spacial score (nSPS) is 15.8. The summed E-state index contributed by atoms with van der Waals surface area (Å²) < 4.78 is 1.64. The van der Waals surface area contributed by atoms with Gasteiger partial charge in [0.05, 0.1) is 0 Å². The molecule has 1 heterocycles. The van der Waals surface area contributed by atoms with Crippen LogP contribution in [0.25, 0.3) is 0 Å². The molecule has 3 heteroatoms. The first kappa shape index (κ1) is 8.05. The first-order valence-electron chi connectivity index (χ1n) is 4.19. The molecule has 0 bridgehead atoms. The standard InChI is InChI=1S/C9H10BrNO/c10-9-6-5-7-3-1-2-4-8(7)11(9)12/h5-6H,1-4H2. The van der Waals surface area contributed by atoms with E-state index in [1.54, 1.807) is 0 Å². The minimum Gasteiger partial charge on any atom is -0.618 e. The maximum Gasteiger partial charge on any atom is 0.259 e. The Morgan fingerprint density at radius 2 is 2.00 bits per heavy atom. The van der Waals surface area contributed by atoms with Crippen LogP contribution >= 0.6 is 15.9 Å². The van der Waals surface area contributed by atoms with Crippen LogP contribution in [0.4, 0.5) is 0 Å². The smallest absolute Gasteiger partial charge is 0.259 e. The molecule has 2 rings (SSSR count). The summed E-state index contributed by atoms with van der Waals surface area (Å²) in [6.45, 7) is 0. The third-order valence-electron chi connectivity index (χ3n) is 2.34. The van der Waals surface area contributed by atoms with Crippen molar-refractivity contribution in [2.75, 3.05) is 0 Å². The van der Waals surface area contributed by atoms with Crippen LogP contribution in [0.5, 0.6) is 0 Å². The summed E-state index contributed by atoms with van der Waals surface area (Å²) in [7, 11) is 0. The Bertz CT molecular complexity index is 312. The second-order valence-corrected chi connectivity index (χ2v) is 3.94. The molecular formula is C9H10BrNO. The fourth-order valence-corrected chi connectivity index (χ4v) is 2.04. The number of aryl methyl sites for hydroxylation is 1. The zero-order valence-electron chi connectivity index (χ0n) is 6.72. The molecule has 0 saturated heterocycles. The molecule has 0 fully saturated rings. The van der Waals surface area contributed by atoms with Crippen LogP contribution in [-0.4, -0.2) is 0 Å². The second-order valence-electron chi connectivity index (χ2n) is 3.13. The van der Waals surface area contributed by atoms with Crippen LogP contribution in [-0.2, 0) is 12.8 Å². The van der Waals surface area contributed by atoms with Gasteiger partial charge in [-0.25, -0.2) is 0 Å². The second kappa shape index (κ2) is 3.05. The molecule has 0 aromatic carbocycles. The molecule has 1 aliphatic carbocycles. The maximum absolute atomic E-state index is 11.5. The lowest BCUT2D eigenvalue weighted by atomic mass is 9.96. The van der Waals surface area contributed by atoms with Crippen molar-refractivity contribution >= 4 is 15.9 Å². The van der Waals surface area contributed by atoms with Gasteiger partial charge in [-0.15, -0.1) is 0 Å². The average Bonchev–Trinajstić information content (AvgIpc) is 2.12. The summed E-state index contributed by atoms with van der Waals surface area (Å²) in [5.74, 6) is 0. The van der Waals surface area contributed by atoms with Gasteiger partial charge in [0, 0.05) is 34.0 Å². The molecule has 0 saturated carbocycles. The van der Waals surface area contributed by atoms with Crippen LogP contribution in [0.15, 0.2) is 16.7 Å². The number of nitrogens with zero attached hydrogens (tertiary/aromatic N) is 1. The molecule has 0 amide bonds. The number of hydrogen-bond acceptors (Lipinski definition) is 1. The minimum atomic E-state index is 0.628. The lowest BCUT2D eigenvalue weighted by Gasteiger charge is -2.14. The Kier molecular flexibility index (Phi) is 2.05. The Hall–Kier alpha value is -0.570. The van der Waals surface area contributed by atoms with Crippen molar-refractivity contribution in [3.05, 3.63) is 33.2 Å². The lowest BCUT2D eigenvalue weighted by molar-refractivity contribution is -0.626.